The van der Waals surface area contributed by atoms with Crippen LogP contribution in [-0.4, -0.2) is 31.5 Å². The van der Waals surface area contributed by atoms with E-state index in [0.717, 1.165) is 15.4 Å². The van der Waals surface area contributed by atoms with Gasteiger partial charge in [0.25, 0.3) is 10.0 Å². The fourth-order valence-corrected chi connectivity index (χ4v) is 4.40. The first-order chi connectivity index (χ1) is 12.4. The highest BCUT2D eigenvalue weighted by Gasteiger charge is 2.40. The molecule has 0 aromatic heterocycles. The minimum Gasteiger partial charge on any atom is -0.441 e. The number of ether oxygens (including phenoxy) is 1. The number of hydrogen-bond acceptors (Lipinski definition) is 4. The lowest BCUT2D eigenvalue weighted by Crippen LogP contribution is -2.50. The fourth-order valence-electron chi connectivity index (χ4n) is 3.03. The van der Waals surface area contributed by atoms with E-state index in [-0.39, 0.29) is 17.4 Å². The molecule has 6 heteroatoms. The van der Waals surface area contributed by atoms with Crippen molar-refractivity contribution in [2.45, 2.75) is 24.3 Å². The predicted molar refractivity (Wildman–Crippen MR) is 99.2 cm³/mol. The van der Waals surface area contributed by atoms with Gasteiger partial charge in [-0.15, -0.1) is 0 Å². The Bertz CT molecular complexity index is 891. The summed E-state index contributed by atoms with van der Waals surface area (Å²) in [5.74, 6) is -0.201. The zero-order valence-electron chi connectivity index (χ0n) is 14.5. The Hall–Kier alpha value is -2.60. The van der Waals surface area contributed by atoms with Crippen LogP contribution in [0, 0.1) is 12.8 Å². The second-order valence-electron chi connectivity index (χ2n) is 6.38. The summed E-state index contributed by atoms with van der Waals surface area (Å²) >= 11 is 0. The van der Waals surface area contributed by atoms with Crippen molar-refractivity contribution in [3.05, 3.63) is 78.4 Å². The summed E-state index contributed by atoms with van der Waals surface area (Å²) in [4.78, 5) is 12.4. The van der Waals surface area contributed by atoms with Crippen molar-refractivity contribution in [3.63, 3.8) is 0 Å². The van der Waals surface area contributed by atoms with Crippen LogP contribution < -0.4 is 0 Å². The topological polar surface area (TPSA) is 63.7 Å². The monoisotopic (exact) mass is 371 g/mol. The van der Waals surface area contributed by atoms with Gasteiger partial charge in [0.2, 0.25) is 0 Å². The van der Waals surface area contributed by atoms with Crippen molar-refractivity contribution in [1.82, 2.24) is 4.31 Å². The van der Waals surface area contributed by atoms with Gasteiger partial charge in [0.1, 0.15) is 6.10 Å². The highest BCUT2D eigenvalue weighted by molar-refractivity contribution is 7.89. The number of sulfonamides is 1. The lowest BCUT2D eigenvalue weighted by molar-refractivity contribution is 0.0356. The number of carbonyl (C=O) groups is 1. The molecule has 1 aliphatic rings. The molecule has 1 fully saturated rings. The molecular formula is C20H21NO4S. The van der Waals surface area contributed by atoms with Gasteiger partial charge in [-0.2, -0.15) is 4.31 Å². The van der Waals surface area contributed by atoms with E-state index in [1.165, 1.54) is 12.1 Å². The molecule has 1 saturated heterocycles. The molecule has 26 heavy (non-hydrogen) atoms. The zero-order chi connectivity index (χ0) is 18.7. The number of nitrogens with zero attached hydrogens (tertiary/aromatic N) is 1. The molecule has 2 aromatic carbocycles. The van der Waals surface area contributed by atoms with E-state index in [4.69, 9.17) is 4.74 Å². The standard InChI is InChI=1S/C20H21NO4S/c1-3-19-17(13-16-7-5-4-6-8-16)14-21(20(22)25-19)26(23,24)18-11-9-15(2)10-12-18/h3-12,17,19H,1,13-14H2,2H3/t17-,19+/m1/s1. The Balaban J connectivity index is 1.88. The summed E-state index contributed by atoms with van der Waals surface area (Å²) in [5, 5.41) is 0. The fraction of sp³-hybridized carbons (Fsp3) is 0.250. The summed E-state index contributed by atoms with van der Waals surface area (Å²) in [6.45, 7) is 5.65. The minimum absolute atomic E-state index is 0.0562. The van der Waals surface area contributed by atoms with Gasteiger partial charge < -0.3 is 4.74 Å². The second-order valence-corrected chi connectivity index (χ2v) is 8.25. The van der Waals surface area contributed by atoms with Gasteiger partial charge in [0.05, 0.1) is 4.90 Å². The van der Waals surface area contributed by atoms with Crippen LogP contribution >= 0.6 is 0 Å². The molecule has 0 unspecified atom stereocenters. The van der Waals surface area contributed by atoms with E-state index in [1.54, 1.807) is 18.2 Å². The van der Waals surface area contributed by atoms with Gasteiger partial charge in [0.15, 0.2) is 0 Å². The van der Waals surface area contributed by atoms with Crippen molar-refractivity contribution in [3.8, 4) is 0 Å². The molecule has 136 valence electrons. The van der Waals surface area contributed by atoms with Gasteiger partial charge in [-0.3, -0.25) is 0 Å². The predicted octanol–water partition coefficient (Wildman–Crippen LogP) is 3.55. The number of carbonyl (C=O) groups excluding carboxylic acids is 1. The molecule has 1 heterocycles. The van der Waals surface area contributed by atoms with Crippen LogP contribution in [0.15, 0.2) is 72.1 Å². The summed E-state index contributed by atoms with van der Waals surface area (Å²) in [6, 6.07) is 16.1. The van der Waals surface area contributed by atoms with Crippen molar-refractivity contribution >= 4 is 16.1 Å². The van der Waals surface area contributed by atoms with E-state index in [9.17, 15) is 13.2 Å². The van der Waals surface area contributed by atoms with Crippen LogP contribution in [0.5, 0.6) is 0 Å². The first kappa shape index (κ1) is 18.2. The Morgan fingerprint density at radius 3 is 2.42 bits per heavy atom. The first-order valence-corrected chi connectivity index (χ1v) is 9.82. The molecule has 2 atom stereocenters. The molecule has 0 spiro atoms. The van der Waals surface area contributed by atoms with E-state index < -0.39 is 22.2 Å². The number of rotatable bonds is 5. The number of hydrogen-bond donors (Lipinski definition) is 0. The molecule has 1 aliphatic heterocycles. The van der Waals surface area contributed by atoms with Crippen LogP contribution in [0.25, 0.3) is 0 Å². The van der Waals surface area contributed by atoms with Crippen molar-refractivity contribution in [1.29, 1.82) is 0 Å². The third-order valence-electron chi connectivity index (χ3n) is 4.49. The molecule has 0 saturated carbocycles. The van der Waals surface area contributed by atoms with E-state index in [0.29, 0.717) is 6.42 Å². The van der Waals surface area contributed by atoms with Crippen molar-refractivity contribution < 1.29 is 17.9 Å². The highest BCUT2D eigenvalue weighted by atomic mass is 32.2. The van der Waals surface area contributed by atoms with Crippen LogP contribution in [0.3, 0.4) is 0 Å². The SMILES string of the molecule is C=C[C@@H]1OC(=O)N(S(=O)(=O)c2ccc(C)cc2)C[C@H]1Cc1ccccc1. The van der Waals surface area contributed by atoms with Gasteiger partial charge in [-0.25, -0.2) is 13.2 Å². The molecule has 5 nitrogen and oxygen atoms in total. The highest BCUT2D eigenvalue weighted by Crippen LogP contribution is 2.28. The first-order valence-electron chi connectivity index (χ1n) is 8.38. The lowest BCUT2D eigenvalue weighted by atomic mass is 9.93. The third kappa shape index (κ3) is 3.65. The number of cyclic esters (lactones) is 1. The van der Waals surface area contributed by atoms with Crippen LogP contribution in [0.2, 0.25) is 0 Å². The Kier molecular flexibility index (Phi) is 5.13. The number of aryl methyl sites for hydroxylation is 1. The van der Waals surface area contributed by atoms with Crippen LogP contribution in [-0.2, 0) is 21.2 Å². The molecule has 0 radical (unpaired) electrons. The molecule has 0 aliphatic carbocycles. The molecular weight excluding hydrogens is 350 g/mol. The lowest BCUT2D eigenvalue weighted by Gasteiger charge is -2.36. The Morgan fingerprint density at radius 1 is 1.15 bits per heavy atom. The summed E-state index contributed by atoms with van der Waals surface area (Å²) < 4.78 is 32.0. The van der Waals surface area contributed by atoms with E-state index in [1.807, 2.05) is 37.3 Å². The zero-order valence-corrected chi connectivity index (χ0v) is 15.4. The average Bonchev–Trinajstić information content (AvgIpc) is 2.64. The van der Waals surface area contributed by atoms with E-state index >= 15 is 0 Å². The van der Waals surface area contributed by atoms with Gasteiger partial charge in [-0.05, 0) is 31.0 Å². The van der Waals surface area contributed by atoms with Crippen LogP contribution in [0.1, 0.15) is 11.1 Å². The molecule has 1 amide bonds. The van der Waals surface area contributed by atoms with Gasteiger partial charge in [-0.1, -0.05) is 60.7 Å². The molecule has 3 rings (SSSR count). The Labute approximate surface area is 154 Å². The average molecular weight is 371 g/mol. The molecule has 0 N–H and O–H groups in total. The van der Waals surface area contributed by atoms with Gasteiger partial charge >= 0.3 is 6.09 Å². The van der Waals surface area contributed by atoms with Crippen molar-refractivity contribution in [2.24, 2.45) is 5.92 Å². The maximum atomic E-state index is 12.9. The molecule has 2 aromatic rings. The van der Waals surface area contributed by atoms with Crippen LogP contribution in [0.4, 0.5) is 4.79 Å². The number of amides is 1. The number of benzene rings is 2. The minimum atomic E-state index is -3.96. The summed E-state index contributed by atoms with van der Waals surface area (Å²) in [7, 11) is -3.96. The normalized spacial score (nSPS) is 20.5. The molecule has 0 bridgehead atoms. The quantitative estimate of drug-likeness (QED) is 0.754. The largest absolute Gasteiger partial charge is 0.441 e. The maximum Gasteiger partial charge on any atom is 0.424 e. The summed E-state index contributed by atoms with van der Waals surface area (Å²) in [5.41, 5.74) is 1.99. The smallest absolute Gasteiger partial charge is 0.424 e. The second kappa shape index (κ2) is 7.33. The van der Waals surface area contributed by atoms with Gasteiger partial charge in [0, 0.05) is 12.5 Å². The van der Waals surface area contributed by atoms with Crippen molar-refractivity contribution in [2.75, 3.05) is 6.54 Å². The maximum absolute atomic E-state index is 12.9. The third-order valence-corrected chi connectivity index (χ3v) is 6.23. The summed E-state index contributed by atoms with van der Waals surface area (Å²) in [6.07, 6.45) is 0.762. The van der Waals surface area contributed by atoms with E-state index in [2.05, 4.69) is 6.58 Å². The Morgan fingerprint density at radius 2 is 1.81 bits per heavy atom.